The number of sulfonamides is 1. The van der Waals surface area contributed by atoms with Crippen LogP contribution in [0.2, 0.25) is 5.02 Å². The van der Waals surface area contributed by atoms with Crippen molar-refractivity contribution in [2.45, 2.75) is 49.6 Å². The third kappa shape index (κ3) is 4.39. The van der Waals surface area contributed by atoms with Gasteiger partial charge in [0, 0.05) is 11.1 Å². The number of quaternary nitrogens is 1. The van der Waals surface area contributed by atoms with Gasteiger partial charge in [-0.1, -0.05) is 24.4 Å². The van der Waals surface area contributed by atoms with Crippen LogP contribution in [0.25, 0.3) is 0 Å². The molecule has 6 nitrogen and oxygen atoms in total. The van der Waals surface area contributed by atoms with Gasteiger partial charge in [0.25, 0.3) is 5.91 Å². The molecule has 2 aliphatic rings. The van der Waals surface area contributed by atoms with Crippen LogP contribution in [0.3, 0.4) is 0 Å². The summed E-state index contributed by atoms with van der Waals surface area (Å²) in [5.74, 6) is 0.0842. The summed E-state index contributed by atoms with van der Waals surface area (Å²) in [6.07, 6.45) is 4.52. The molecule has 8 heteroatoms. The van der Waals surface area contributed by atoms with Gasteiger partial charge in [-0.3, -0.25) is 4.79 Å². The highest BCUT2D eigenvalue weighted by molar-refractivity contribution is 7.89. The lowest BCUT2D eigenvalue weighted by Gasteiger charge is -2.34. The van der Waals surface area contributed by atoms with Crippen molar-refractivity contribution < 1.29 is 18.1 Å². The van der Waals surface area contributed by atoms with Crippen LogP contribution in [-0.4, -0.2) is 56.9 Å². The molecule has 0 unspecified atom stereocenters. The van der Waals surface area contributed by atoms with Crippen LogP contribution in [0.15, 0.2) is 29.2 Å². The number of nitrogens with one attached hydrogen (secondary N) is 2. The topological polar surface area (TPSA) is 70.9 Å². The fourth-order valence-corrected chi connectivity index (χ4v) is 5.35. The summed E-state index contributed by atoms with van der Waals surface area (Å²) in [7, 11) is -3.51. The minimum atomic E-state index is -3.51. The second-order valence-corrected chi connectivity index (χ2v) is 9.60. The zero-order valence-electron chi connectivity index (χ0n) is 15.1. The van der Waals surface area contributed by atoms with Gasteiger partial charge in [-0.25, -0.2) is 8.42 Å². The Bertz CT molecular complexity index is 725. The Balaban J connectivity index is 1.56. The first kappa shape index (κ1) is 19.6. The lowest BCUT2D eigenvalue weighted by atomic mass is 10.2. The van der Waals surface area contributed by atoms with E-state index in [0.29, 0.717) is 37.2 Å². The maximum atomic E-state index is 12.7. The average Bonchev–Trinajstić information content (AvgIpc) is 3.14. The van der Waals surface area contributed by atoms with Gasteiger partial charge in [-0.05, 0) is 44.0 Å². The second-order valence-electron chi connectivity index (χ2n) is 7.23. The van der Waals surface area contributed by atoms with E-state index in [1.807, 2.05) is 6.92 Å². The molecule has 0 aromatic heterocycles. The Hall–Kier alpha value is -1.15. The zero-order chi connectivity index (χ0) is 18.7. The van der Waals surface area contributed by atoms with E-state index in [9.17, 15) is 13.2 Å². The lowest BCUT2D eigenvalue weighted by molar-refractivity contribution is -0.917. The fraction of sp³-hybridized carbons (Fsp3) is 0.611. The second kappa shape index (κ2) is 8.25. The summed E-state index contributed by atoms with van der Waals surface area (Å²) in [5, 5.41) is 3.66. The third-order valence-corrected chi connectivity index (χ3v) is 7.69. The van der Waals surface area contributed by atoms with Crippen molar-refractivity contribution in [3.05, 3.63) is 29.3 Å². The molecule has 1 aromatic carbocycles. The highest BCUT2D eigenvalue weighted by Crippen LogP contribution is 2.19. The maximum absolute atomic E-state index is 12.7. The molecule has 144 valence electrons. The summed E-state index contributed by atoms with van der Waals surface area (Å²) in [5.41, 5.74) is 0. The number of hydrogen-bond acceptors (Lipinski definition) is 3. The normalized spacial score (nSPS) is 21.6. The monoisotopic (exact) mass is 400 g/mol. The SMILES string of the molecule is C[C@H](C(=O)NC1CCCC1)[NH+]1CCN(S(=O)(=O)c2ccc(Cl)cc2)CC1. The first-order valence-electron chi connectivity index (χ1n) is 9.28. The molecular weight excluding hydrogens is 374 g/mol. The van der Waals surface area contributed by atoms with Crippen LogP contribution in [-0.2, 0) is 14.8 Å². The summed E-state index contributed by atoms with van der Waals surface area (Å²) < 4.78 is 27.0. The molecular formula is C18H27ClN3O3S+. The van der Waals surface area contributed by atoms with E-state index >= 15 is 0 Å². The summed E-state index contributed by atoms with van der Waals surface area (Å²) in [6.45, 7) is 4.03. The van der Waals surface area contributed by atoms with Gasteiger partial charge in [0.1, 0.15) is 0 Å². The van der Waals surface area contributed by atoms with Crippen molar-refractivity contribution in [1.82, 2.24) is 9.62 Å². The molecule has 0 spiro atoms. The van der Waals surface area contributed by atoms with E-state index in [2.05, 4.69) is 5.32 Å². The Morgan fingerprint density at radius 2 is 1.77 bits per heavy atom. The van der Waals surface area contributed by atoms with E-state index in [4.69, 9.17) is 11.6 Å². The molecule has 26 heavy (non-hydrogen) atoms. The minimum absolute atomic E-state index is 0.0842. The number of benzene rings is 1. The van der Waals surface area contributed by atoms with Gasteiger partial charge in [0.15, 0.2) is 6.04 Å². The van der Waals surface area contributed by atoms with Gasteiger partial charge in [0.05, 0.1) is 31.1 Å². The van der Waals surface area contributed by atoms with Gasteiger partial charge in [-0.2, -0.15) is 4.31 Å². The Morgan fingerprint density at radius 3 is 2.35 bits per heavy atom. The number of halogens is 1. The van der Waals surface area contributed by atoms with Gasteiger partial charge in [0.2, 0.25) is 10.0 Å². The van der Waals surface area contributed by atoms with Crippen LogP contribution in [0.1, 0.15) is 32.6 Å². The van der Waals surface area contributed by atoms with Crippen molar-refractivity contribution in [3.8, 4) is 0 Å². The predicted molar refractivity (Wildman–Crippen MR) is 101 cm³/mol. The van der Waals surface area contributed by atoms with E-state index in [1.54, 1.807) is 12.1 Å². The molecule has 1 aliphatic heterocycles. The van der Waals surface area contributed by atoms with Crippen LogP contribution >= 0.6 is 11.6 Å². The Labute approximate surface area is 160 Å². The molecule has 0 bridgehead atoms. The van der Waals surface area contributed by atoms with Crippen molar-refractivity contribution >= 4 is 27.5 Å². The molecule has 1 heterocycles. The van der Waals surface area contributed by atoms with Crippen LogP contribution in [0.5, 0.6) is 0 Å². The fourth-order valence-electron chi connectivity index (χ4n) is 3.78. The Kier molecular flexibility index (Phi) is 6.22. The number of rotatable bonds is 5. The first-order valence-corrected chi connectivity index (χ1v) is 11.1. The number of carbonyl (C=O) groups is 1. The number of piperazine rings is 1. The molecule has 1 aliphatic carbocycles. The molecule has 0 radical (unpaired) electrons. The quantitative estimate of drug-likeness (QED) is 0.763. The molecule has 1 saturated heterocycles. The zero-order valence-corrected chi connectivity index (χ0v) is 16.7. The van der Waals surface area contributed by atoms with Gasteiger partial charge >= 0.3 is 0 Å². The number of hydrogen-bond donors (Lipinski definition) is 2. The lowest BCUT2D eigenvalue weighted by Crippen LogP contribution is -3.19. The number of amides is 1. The molecule has 1 saturated carbocycles. The van der Waals surface area contributed by atoms with Crippen LogP contribution < -0.4 is 10.2 Å². The summed E-state index contributed by atoms with van der Waals surface area (Å²) in [6, 6.07) is 6.41. The molecule has 1 aromatic rings. The Morgan fingerprint density at radius 1 is 1.19 bits per heavy atom. The highest BCUT2D eigenvalue weighted by atomic mass is 35.5. The van der Waals surface area contributed by atoms with E-state index in [0.717, 1.165) is 17.7 Å². The molecule has 1 amide bonds. The van der Waals surface area contributed by atoms with Gasteiger partial charge in [-0.15, -0.1) is 0 Å². The van der Waals surface area contributed by atoms with Crippen molar-refractivity contribution in [2.24, 2.45) is 0 Å². The number of carbonyl (C=O) groups excluding carboxylic acids is 1. The van der Waals surface area contributed by atoms with E-state index in [-0.39, 0.29) is 16.8 Å². The smallest absolute Gasteiger partial charge is 0.278 e. The predicted octanol–water partition coefficient (Wildman–Crippen LogP) is 0.677. The first-order chi connectivity index (χ1) is 12.4. The molecule has 1 atom stereocenters. The largest absolute Gasteiger partial charge is 0.348 e. The molecule has 2 N–H and O–H groups in total. The molecule has 3 rings (SSSR count). The minimum Gasteiger partial charge on any atom is -0.348 e. The summed E-state index contributed by atoms with van der Waals surface area (Å²) >= 11 is 5.84. The van der Waals surface area contributed by atoms with Gasteiger partial charge < -0.3 is 10.2 Å². The number of nitrogens with zero attached hydrogens (tertiary/aromatic N) is 1. The van der Waals surface area contributed by atoms with Crippen LogP contribution in [0, 0.1) is 0 Å². The summed E-state index contributed by atoms with van der Waals surface area (Å²) in [4.78, 5) is 13.9. The van der Waals surface area contributed by atoms with Crippen molar-refractivity contribution in [2.75, 3.05) is 26.2 Å². The highest BCUT2D eigenvalue weighted by Gasteiger charge is 2.35. The van der Waals surface area contributed by atoms with E-state index in [1.165, 1.54) is 29.3 Å². The van der Waals surface area contributed by atoms with Crippen molar-refractivity contribution in [3.63, 3.8) is 0 Å². The van der Waals surface area contributed by atoms with Crippen molar-refractivity contribution in [1.29, 1.82) is 0 Å². The van der Waals surface area contributed by atoms with E-state index < -0.39 is 10.0 Å². The maximum Gasteiger partial charge on any atom is 0.278 e. The van der Waals surface area contributed by atoms with Crippen LogP contribution in [0.4, 0.5) is 0 Å². The standard InChI is InChI=1S/C18H26ClN3O3S/c1-14(18(23)20-16-4-2-3-5-16)21-10-12-22(13-11-21)26(24,25)17-8-6-15(19)7-9-17/h6-9,14,16H,2-5,10-13H2,1H3,(H,20,23)/p+1/t14-/m1/s1. The third-order valence-electron chi connectivity index (χ3n) is 5.52. The average molecular weight is 401 g/mol. The molecule has 2 fully saturated rings.